The van der Waals surface area contributed by atoms with Gasteiger partial charge in [-0.25, -0.2) is 9.97 Å². The van der Waals surface area contributed by atoms with Gasteiger partial charge in [0.25, 0.3) is 0 Å². The molecular formula is C16H17N5O. The van der Waals surface area contributed by atoms with E-state index in [0.29, 0.717) is 12.4 Å². The molecule has 3 heterocycles. The molecule has 0 aliphatic rings. The van der Waals surface area contributed by atoms with Crippen molar-refractivity contribution in [3.8, 4) is 17.1 Å². The zero-order valence-corrected chi connectivity index (χ0v) is 12.3. The maximum atomic E-state index is 5.85. The third kappa shape index (κ3) is 3.22. The zero-order valence-electron chi connectivity index (χ0n) is 12.3. The van der Waals surface area contributed by atoms with E-state index in [1.54, 1.807) is 24.8 Å². The predicted octanol–water partition coefficient (Wildman–Crippen LogP) is 2.39. The first kappa shape index (κ1) is 14.1. The molecule has 112 valence electrons. The third-order valence-corrected chi connectivity index (χ3v) is 3.18. The summed E-state index contributed by atoms with van der Waals surface area (Å²) in [5.41, 5.74) is 6.67. The Balaban J connectivity index is 1.75. The van der Waals surface area contributed by atoms with Gasteiger partial charge in [0.05, 0.1) is 12.7 Å². The highest BCUT2D eigenvalue weighted by Gasteiger charge is 2.11. The van der Waals surface area contributed by atoms with E-state index in [1.807, 2.05) is 42.0 Å². The van der Waals surface area contributed by atoms with Crippen molar-refractivity contribution in [2.24, 2.45) is 0 Å². The monoisotopic (exact) mass is 295 g/mol. The predicted molar refractivity (Wildman–Crippen MR) is 84.2 cm³/mol. The average Bonchev–Trinajstić information content (AvgIpc) is 2.96. The minimum Gasteiger partial charge on any atom is -0.487 e. The Bertz CT molecular complexity index is 741. The van der Waals surface area contributed by atoms with Crippen molar-refractivity contribution in [1.82, 2.24) is 19.5 Å². The molecule has 0 aromatic carbocycles. The Morgan fingerprint density at radius 1 is 1.23 bits per heavy atom. The quantitative estimate of drug-likeness (QED) is 0.782. The Labute approximate surface area is 128 Å². The number of nitrogens with zero attached hydrogens (tertiary/aromatic N) is 4. The summed E-state index contributed by atoms with van der Waals surface area (Å²) in [5.74, 6) is 2.08. The van der Waals surface area contributed by atoms with Crippen LogP contribution in [0.2, 0.25) is 0 Å². The van der Waals surface area contributed by atoms with Gasteiger partial charge < -0.3 is 15.0 Å². The summed E-state index contributed by atoms with van der Waals surface area (Å²) in [4.78, 5) is 12.4. The van der Waals surface area contributed by atoms with Gasteiger partial charge in [0.2, 0.25) is 0 Å². The lowest BCUT2D eigenvalue weighted by Gasteiger charge is -2.16. The van der Waals surface area contributed by atoms with E-state index in [9.17, 15) is 0 Å². The van der Waals surface area contributed by atoms with Crippen molar-refractivity contribution < 1.29 is 4.74 Å². The average molecular weight is 295 g/mol. The van der Waals surface area contributed by atoms with Gasteiger partial charge in [-0.2, -0.15) is 0 Å². The van der Waals surface area contributed by atoms with Gasteiger partial charge in [-0.15, -0.1) is 0 Å². The molecule has 0 fully saturated rings. The molecule has 22 heavy (non-hydrogen) atoms. The number of hydrogen-bond acceptors (Lipinski definition) is 5. The molecule has 0 saturated carbocycles. The Hall–Kier alpha value is -2.89. The Morgan fingerprint density at radius 3 is 2.91 bits per heavy atom. The summed E-state index contributed by atoms with van der Waals surface area (Å²) in [6.07, 6.45) is 8.78. The minimum atomic E-state index is -0.0173. The van der Waals surface area contributed by atoms with Crippen LogP contribution < -0.4 is 10.5 Å². The van der Waals surface area contributed by atoms with Crippen molar-refractivity contribution in [3.05, 3.63) is 55.2 Å². The van der Waals surface area contributed by atoms with Gasteiger partial charge in [0, 0.05) is 30.4 Å². The Morgan fingerprint density at radius 2 is 2.14 bits per heavy atom. The summed E-state index contributed by atoms with van der Waals surface area (Å²) in [7, 11) is 0. The smallest absolute Gasteiger partial charge is 0.140 e. The summed E-state index contributed by atoms with van der Waals surface area (Å²) < 4.78 is 7.89. The molecule has 1 atom stereocenters. The lowest BCUT2D eigenvalue weighted by atomic mass is 10.2. The molecule has 0 amide bonds. The summed E-state index contributed by atoms with van der Waals surface area (Å²) in [5, 5.41) is 0. The van der Waals surface area contributed by atoms with E-state index < -0.39 is 0 Å². The first-order valence-corrected chi connectivity index (χ1v) is 7.02. The van der Waals surface area contributed by atoms with Crippen LogP contribution in [0.15, 0.2) is 55.2 Å². The highest BCUT2D eigenvalue weighted by atomic mass is 16.5. The second kappa shape index (κ2) is 6.26. The molecule has 0 aliphatic heterocycles. The molecule has 3 aromatic rings. The summed E-state index contributed by atoms with van der Waals surface area (Å²) in [6, 6.07) is 7.44. The van der Waals surface area contributed by atoms with Gasteiger partial charge in [-0.3, -0.25) is 4.98 Å². The number of nitrogen functional groups attached to an aromatic ring is 1. The number of ether oxygens (including phenoxy) is 1. The fraction of sp³-hybridized carbons (Fsp3) is 0.188. The number of pyridine rings is 2. The summed E-state index contributed by atoms with van der Waals surface area (Å²) >= 11 is 0. The highest BCUT2D eigenvalue weighted by molar-refractivity contribution is 5.58. The van der Waals surface area contributed by atoms with Crippen LogP contribution in [0.5, 0.6) is 5.75 Å². The van der Waals surface area contributed by atoms with E-state index in [1.165, 1.54) is 0 Å². The van der Waals surface area contributed by atoms with Gasteiger partial charge in [-0.05, 0) is 31.2 Å². The molecule has 1 unspecified atom stereocenters. The number of nitrogens with two attached hydrogens (primary N) is 1. The number of rotatable bonds is 5. The number of hydrogen-bond donors (Lipinski definition) is 1. The van der Waals surface area contributed by atoms with Crippen LogP contribution in [-0.2, 0) is 6.54 Å². The lowest BCUT2D eigenvalue weighted by molar-refractivity contribution is 0.199. The van der Waals surface area contributed by atoms with E-state index >= 15 is 0 Å². The first-order chi connectivity index (χ1) is 10.7. The lowest BCUT2D eigenvalue weighted by Crippen LogP contribution is -2.19. The molecule has 6 nitrogen and oxygen atoms in total. The molecule has 3 rings (SSSR count). The molecule has 0 bridgehead atoms. The Kier molecular flexibility index (Phi) is 4.00. The molecule has 0 saturated heterocycles. The van der Waals surface area contributed by atoms with Gasteiger partial charge in [0.1, 0.15) is 23.5 Å². The standard InChI is InChI=1S/C16H17N5O/c1-12(22-14-3-2-5-18-10-14)11-21-8-7-20-16(21)13-4-6-19-15(17)9-13/h2-10,12H,11H2,1H3,(H2,17,19). The molecule has 0 spiro atoms. The maximum absolute atomic E-state index is 5.85. The van der Waals surface area contributed by atoms with Gasteiger partial charge >= 0.3 is 0 Å². The molecule has 2 N–H and O–H groups in total. The second-order valence-electron chi connectivity index (χ2n) is 4.99. The van der Waals surface area contributed by atoms with Crippen molar-refractivity contribution in [3.63, 3.8) is 0 Å². The van der Waals surface area contributed by atoms with Gasteiger partial charge in [-0.1, -0.05) is 0 Å². The molecule has 0 aliphatic carbocycles. The van der Waals surface area contributed by atoms with E-state index in [4.69, 9.17) is 10.5 Å². The first-order valence-electron chi connectivity index (χ1n) is 7.02. The molecule has 3 aromatic heterocycles. The largest absolute Gasteiger partial charge is 0.487 e. The van der Waals surface area contributed by atoms with Crippen molar-refractivity contribution in [1.29, 1.82) is 0 Å². The van der Waals surface area contributed by atoms with E-state index in [2.05, 4.69) is 15.0 Å². The maximum Gasteiger partial charge on any atom is 0.140 e. The fourth-order valence-corrected chi connectivity index (χ4v) is 2.27. The molecule has 0 radical (unpaired) electrons. The van der Waals surface area contributed by atoms with Crippen LogP contribution in [0, 0.1) is 0 Å². The van der Waals surface area contributed by atoms with Crippen molar-refractivity contribution in [2.45, 2.75) is 19.6 Å². The fourth-order valence-electron chi connectivity index (χ4n) is 2.27. The second-order valence-corrected chi connectivity index (χ2v) is 4.99. The summed E-state index contributed by atoms with van der Waals surface area (Å²) in [6.45, 7) is 2.68. The number of aromatic nitrogens is 4. The van der Waals surface area contributed by atoms with Crippen molar-refractivity contribution >= 4 is 5.82 Å². The van der Waals surface area contributed by atoms with Crippen LogP contribution in [0.25, 0.3) is 11.4 Å². The third-order valence-electron chi connectivity index (χ3n) is 3.18. The molecule has 6 heteroatoms. The van der Waals surface area contributed by atoms with Crippen LogP contribution >= 0.6 is 0 Å². The van der Waals surface area contributed by atoms with Crippen LogP contribution in [0.1, 0.15) is 6.92 Å². The van der Waals surface area contributed by atoms with E-state index in [-0.39, 0.29) is 6.10 Å². The van der Waals surface area contributed by atoms with Crippen LogP contribution in [0.3, 0.4) is 0 Å². The SMILES string of the molecule is CC(Cn1ccnc1-c1ccnc(N)c1)Oc1cccnc1. The highest BCUT2D eigenvalue weighted by Crippen LogP contribution is 2.19. The van der Waals surface area contributed by atoms with Crippen LogP contribution in [0.4, 0.5) is 5.82 Å². The van der Waals surface area contributed by atoms with Crippen LogP contribution in [-0.4, -0.2) is 25.6 Å². The normalized spacial score (nSPS) is 12.0. The van der Waals surface area contributed by atoms with Crippen molar-refractivity contribution in [2.75, 3.05) is 5.73 Å². The topological polar surface area (TPSA) is 78.9 Å². The number of anilines is 1. The minimum absolute atomic E-state index is 0.0173. The van der Waals surface area contributed by atoms with E-state index in [0.717, 1.165) is 17.1 Å². The molecular weight excluding hydrogens is 278 g/mol. The zero-order chi connectivity index (χ0) is 15.4. The van der Waals surface area contributed by atoms with Gasteiger partial charge in [0.15, 0.2) is 0 Å². The number of imidazole rings is 1.